The van der Waals surface area contributed by atoms with Gasteiger partial charge in [0.25, 0.3) is 0 Å². The zero-order valence-electron chi connectivity index (χ0n) is 11.5. The van der Waals surface area contributed by atoms with E-state index in [9.17, 15) is 0 Å². The average Bonchev–Trinajstić information content (AvgIpc) is 2.28. The molecule has 1 heterocycles. The van der Waals surface area contributed by atoms with Gasteiger partial charge in [0.15, 0.2) is 0 Å². The van der Waals surface area contributed by atoms with Crippen LogP contribution in [0.1, 0.15) is 39.4 Å². The third-order valence-corrected chi connectivity index (χ3v) is 2.58. The summed E-state index contributed by atoms with van der Waals surface area (Å²) < 4.78 is 6.12. The van der Waals surface area contributed by atoms with Crippen LogP contribution in [0, 0.1) is 4.64 Å². The predicted molar refractivity (Wildman–Crippen MR) is 77.6 cm³/mol. The molecule has 0 radical (unpaired) electrons. The quantitative estimate of drug-likeness (QED) is 0.561. The minimum absolute atomic E-state index is 0.299. The van der Waals surface area contributed by atoms with E-state index < -0.39 is 0 Å². The molecule has 0 aromatic carbocycles. The van der Waals surface area contributed by atoms with Gasteiger partial charge in [0.2, 0.25) is 0 Å². The fraction of sp³-hybridized carbons (Fsp3) is 0.692. The van der Waals surface area contributed by atoms with E-state index in [4.69, 9.17) is 17.0 Å². The number of nitrogens with zero attached hydrogens (tertiary/aromatic N) is 1. The number of aromatic nitrogens is 2. The molecule has 5 heteroatoms. The van der Waals surface area contributed by atoms with Crippen LogP contribution in [0.25, 0.3) is 0 Å². The van der Waals surface area contributed by atoms with Crippen molar-refractivity contribution in [3.63, 3.8) is 0 Å². The third-order valence-electron chi connectivity index (χ3n) is 2.37. The van der Waals surface area contributed by atoms with Gasteiger partial charge in [-0.2, -0.15) is 0 Å². The summed E-state index contributed by atoms with van der Waals surface area (Å²) in [7, 11) is 0. The van der Waals surface area contributed by atoms with Gasteiger partial charge in [-0.15, -0.1) is 0 Å². The van der Waals surface area contributed by atoms with Gasteiger partial charge in [-0.25, -0.2) is 4.98 Å². The topological polar surface area (TPSA) is 49.9 Å². The molecule has 18 heavy (non-hydrogen) atoms. The Bertz CT molecular complexity index is 403. The van der Waals surface area contributed by atoms with Crippen LogP contribution in [0.5, 0.6) is 0 Å². The molecule has 0 spiro atoms. The van der Waals surface area contributed by atoms with E-state index in [0.717, 1.165) is 44.1 Å². The zero-order chi connectivity index (χ0) is 13.4. The Morgan fingerprint density at radius 2 is 2.28 bits per heavy atom. The lowest BCUT2D eigenvalue weighted by molar-refractivity contribution is 0.0787. The molecule has 0 aliphatic carbocycles. The van der Waals surface area contributed by atoms with Crippen molar-refractivity contribution in [2.45, 2.75) is 46.1 Å². The molecule has 1 aromatic heterocycles. The summed E-state index contributed by atoms with van der Waals surface area (Å²) in [6.07, 6.45) is 3.26. The largest absolute Gasteiger partial charge is 0.379 e. The first-order valence-electron chi connectivity index (χ1n) is 6.57. The van der Waals surface area contributed by atoms with Crippen molar-refractivity contribution < 1.29 is 4.74 Å². The minimum atomic E-state index is 0.299. The average molecular weight is 269 g/mol. The molecule has 0 atom stereocenters. The van der Waals surface area contributed by atoms with Crippen molar-refractivity contribution >= 4 is 18.0 Å². The van der Waals surface area contributed by atoms with Gasteiger partial charge in [-0.3, -0.25) is 0 Å². The molecule has 4 nitrogen and oxygen atoms in total. The van der Waals surface area contributed by atoms with Gasteiger partial charge in [-0.05, 0) is 26.7 Å². The lowest BCUT2D eigenvalue weighted by atomic mass is 10.3. The first-order chi connectivity index (χ1) is 8.61. The van der Waals surface area contributed by atoms with Crippen LogP contribution in [0.4, 0.5) is 5.82 Å². The van der Waals surface area contributed by atoms with Crippen molar-refractivity contribution in [1.82, 2.24) is 9.97 Å². The van der Waals surface area contributed by atoms with Crippen molar-refractivity contribution in [2.75, 3.05) is 18.5 Å². The molecular weight excluding hydrogens is 246 g/mol. The Morgan fingerprint density at radius 1 is 1.50 bits per heavy atom. The smallest absolute Gasteiger partial charge is 0.131 e. The molecule has 102 valence electrons. The third kappa shape index (κ3) is 6.12. The maximum atomic E-state index is 5.48. The number of rotatable bonds is 8. The lowest BCUT2D eigenvalue weighted by Gasteiger charge is -2.10. The van der Waals surface area contributed by atoms with Gasteiger partial charge >= 0.3 is 0 Å². The molecule has 0 fully saturated rings. The van der Waals surface area contributed by atoms with Gasteiger partial charge in [0, 0.05) is 25.6 Å². The van der Waals surface area contributed by atoms with Gasteiger partial charge in [-0.1, -0.05) is 19.1 Å². The highest BCUT2D eigenvalue weighted by Crippen LogP contribution is 2.05. The molecule has 1 rings (SSSR count). The van der Waals surface area contributed by atoms with Crippen LogP contribution in [0.2, 0.25) is 0 Å². The van der Waals surface area contributed by atoms with Crippen molar-refractivity contribution in [3.8, 4) is 0 Å². The molecule has 0 aliphatic heterocycles. The molecular formula is C13H23N3OS. The molecule has 0 amide bonds. The lowest BCUT2D eigenvalue weighted by Crippen LogP contribution is -2.10. The van der Waals surface area contributed by atoms with E-state index in [2.05, 4.69) is 22.2 Å². The number of ether oxygens (including phenoxy) is 1. The highest BCUT2D eigenvalue weighted by molar-refractivity contribution is 7.71. The predicted octanol–water partition coefficient (Wildman–Crippen LogP) is 3.32. The fourth-order valence-corrected chi connectivity index (χ4v) is 1.80. The second-order valence-corrected chi connectivity index (χ2v) is 4.95. The number of aromatic amines is 1. The maximum absolute atomic E-state index is 5.48. The second kappa shape index (κ2) is 8.21. The second-order valence-electron chi connectivity index (χ2n) is 4.53. The van der Waals surface area contributed by atoms with Crippen LogP contribution < -0.4 is 5.32 Å². The Hall–Kier alpha value is -0.940. The molecule has 0 saturated heterocycles. The van der Waals surface area contributed by atoms with Gasteiger partial charge < -0.3 is 15.0 Å². The number of H-pyrrole nitrogens is 1. The van der Waals surface area contributed by atoms with E-state index in [-0.39, 0.29) is 0 Å². The standard InChI is InChI=1S/C13H23N3OS/c1-4-6-11-15-12(9-13(18)16-11)14-7-5-8-17-10(2)3/h9-10H,4-8H2,1-3H3,(H2,14,15,16,18). The maximum Gasteiger partial charge on any atom is 0.131 e. The minimum Gasteiger partial charge on any atom is -0.379 e. The van der Waals surface area contributed by atoms with Crippen LogP contribution >= 0.6 is 12.2 Å². The summed E-state index contributed by atoms with van der Waals surface area (Å²) in [6, 6.07) is 1.86. The van der Waals surface area contributed by atoms with Crippen LogP contribution in [-0.2, 0) is 11.2 Å². The Balaban J connectivity index is 2.39. The van der Waals surface area contributed by atoms with E-state index in [1.54, 1.807) is 0 Å². The summed E-state index contributed by atoms with van der Waals surface area (Å²) in [6.45, 7) is 7.86. The molecule has 0 bridgehead atoms. The van der Waals surface area contributed by atoms with Crippen LogP contribution in [0.15, 0.2) is 6.07 Å². The summed E-state index contributed by atoms with van der Waals surface area (Å²) in [5.74, 6) is 1.90. The number of anilines is 1. The summed E-state index contributed by atoms with van der Waals surface area (Å²) in [4.78, 5) is 7.54. The van der Waals surface area contributed by atoms with Crippen LogP contribution in [0.3, 0.4) is 0 Å². The highest BCUT2D eigenvalue weighted by atomic mass is 32.1. The number of nitrogens with one attached hydrogen (secondary N) is 2. The van der Waals surface area contributed by atoms with Gasteiger partial charge in [0.05, 0.1) is 6.10 Å². The monoisotopic (exact) mass is 269 g/mol. The molecule has 2 N–H and O–H groups in total. The fourth-order valence-electron chi connectivity index (χ4n) is 1.57. The first-order valence-corrected chi connectivity index (χ1v) is 6.98. The van der Waals surface area contributed by atoms with E-state index in [0.29, 0.717) is 10.7 Å². The van der Waals surface area contributed by atoms with Crippen molar-refractivity contribution in [2.24, 2.45) is 0 Å². The Morgan fingerprint density at radius 3 is 2.94 bits per heavy atom. The zero-order valence-corrected chi connectivity index (χ0v) is 12.3. The molecule has 0 saturated carbocycles. The normalized spacial score (nSPS) is 10.9. The number of hydrogen-bond acceptors (Lipinski definition) is 4. The number of hydrogen-bond donors (Lipinski definition) is 2. The van der Waals surface area contributed by atoms with Crippen molar-refractivity contribution in [3.05, 3.63) is 16.5 Å². The Kier molecular flexibility index (Phi) is 6.90. The van der Waals surface area contributed by atoms with Crippen molar-refractivity contribution in [1.29, 1.82) is 0 Å². The highest BCUT2D eigenvalue weighted by Gasteiger charge is 1.98. The van der Waals surface area contributed by atoms with E-state index >= 15 is 0 Å². The SMILES string of the molecule is CCCc1nc(=S)cc(NCCCOC(C)C)[nH]1. The van der Waals surface area contributed by atoms with E-state index in [1.165, 1.54) is 0 Å². The molecule has 1 aromatic rings. The summed E-state index contributed by atoms with van der Waals surface area (Å²) >= 11 is 5.14. The number of aryl methyl sites for hydroxylation is 1. The summed E-state index contributed by atoms with van der Waals surface area (Å²) in [5, 5.41) is 3.32. The molecule has 0 aliphatic rings. The van der Waals surface area contributed by atoms with Gasteiger partial charge in [0.1, 0.15) is 16.3 Å². The summed E-state index contributed by atoms with van der Waals surface area (Å²) in [5.41, 5.74) is 0. The Labute approximate surface area is 114 Å². The first kappa shape index (κ1) is 15.1. The van der Waals surface area contributed by atoms with E-state index in [1.807, 2.05) is 19.9 Å². The van der Waals surface area contributed by atoms with Crippen LogP contribution in [-0.4, -0.2) is 29.2 Å². The molecule has 0 unspecified atom stereocenters.